The molecule has 0 aromatic carbocycles. The van der Waals surface area contributed by atoms with Crippen LogP contribution in [0.25, 0.3) is 0 Å². The fourth-order valence-corrected chi connectivity index (χ4v) is 2.31. The monoisotopic (exact) mass is 214 g/mol. The zero-order chi connectivity index (χ0) is 11.4. The second kappa shape index (κ2) is 5.47. The molecule has 0 aliphatic carbocycles. The topological polar surface area (TPSA) is 66.6 Å². The lowest BCUT2D eigenvalue weighted by atomic mass is 9.95. The molecule has 1 rings (SSSR count). The molecule has 2 unspecified atom stereocenters. The Balaban J connectivity index is 2.57. The molecule has 1 aliphatic rings. The fourth-order valence-electron chi connectivity index (χ4n) is 2.31. The normalized spacial score (nSPS) is 25.5. The van der Waals surface area contributed by atoms with E-state index in [1.807, 2.05) is 0 Å². The highest BCUT2D eigenvalue weighted by Gasteiger charge is 2.27. The number of likely N-dealkylation sites (tertiary alicyclic amines) is 1. The van der Waals surface area contributed by atoms with Gasteiger partial charge in [-0.1, -0.05) is 13.8 Å². The number of nitrogens with two attached hydrogens (primary N) is 1. The Kier molecular flexibility index (Phi) is 4.54. The van der Waals surface area contributed by atoms with E-state index in [9.17, 15) is 4.79 Å². The minimum Gasteiger partial charge on any atom is -0.481 e. The van der Waals surface area contributed by atoms with Crippen LogP contribution in [0.2, 0.25) is 0 Å². The van der Waals surface area contributed by atoms with Crippen LogP contribution >= 0.6 is 0 Å². The molecule has 0 spiro atoms. The largest absolute Gasteiger partial charge is 0.481 e. The van der Waals surface area contributed by atoms with Crippen LogP contribution in [0.15, 0.2) is 0 Å². The third-order valence-corrected chi connectivity index (χ3v) is 3.11. The smallest absolute Gasteiger partial charge is 0.304 e. The maximum absolute atomic E-state index is 10.8. The zero-order valence-corrected chi connectivity index (χ0v) is 9.65. The van der Waals surface area contributed by atoms with E-state index in [1.165, 1.54) is 0 Å². The van der Waals surface area contributed by atoms with Crippen molar-refractivity contribution in [1.29, 1.82) is 0 Å². The Bertz CT molecular complexity index is 219. The summed E-state index contributed by atoms with van der Waals surface area (Å²) in [6, 6.07) is 0.350. The summed E-state index contributed by atoms with van der Waals surface area (Å²) in [6.45, 7) is 5.99. The van der Waals surface area contributed by atoms with Crippen molar-refractivity contribution in [2.24, 2.45) is 11.7 Å². The second-order valence-corrected chi connectivity index (χ2v) is 4.81. The molecule has 1 saturated heterocycles. The first-order valence-corrected chi connectivity index (χ1v) is 5.72. The number of piperidine rings is 1. The van der Waals surface area contributed by atoms with Crippen LogP contribution in [0, 0.1) is 5.92 Å². The molecule has 4 nitrogen and oxygen atoms in total. The van der Waals surface area contributed by atoms with Gasteiger partial charge in [0, 0.05) is 18.6 Å². The van der Waals surface area contributed by atoms with Crippen molar-refractivity contribution in [1.82, 2.24) is 4.90 Å². The van der Waals surface area contributed by atoms with Gasteiger partial charge in [-0.15, -0.1) is 0 Å². The van der Waals surface area contributed by atoms with E-state index < -0.39 is 5.97 Å². The van der Waals surface area contributed by atoms with E-state index in [1.54, 1.807) is 0 Å². The van der Waals surface area contributed by atoms with E-state index >= 15 is 0 Å². The number of hydrogen-bond donors (Lipinski definition) is 2. The van der Waals surface area contributed by atoms with Gasteiger partial charge in [0.05, 0.1) is 6.42 Å². The Labute approximate surface area is 91.4 Å². The fraction of sp³-hybridized carbons (Fsp3) is 0.909. The summed E-state index contributed by atoms with van der Waals surface area (Å²) in [6.07, 6.45) is 2.38. The Hall–Kier alpha value is -0.610. The number of carboxylic acid groups (broad SMARTS) is 1. The average molecular weight is 214 g/mol. The molecular weight excluding hydrogens is 192 g/mol. The molecule has 0 bridgehead atoms. The molecular formula is C11H22N2O2. The number of nitrogens with zero attached hydrogens (tertiary/aromatic N) is 1. The van der Waals surface area contributed by atoms with Crippen LogP contribution < -0.4 is 5.73 Å². The van der Waals surface area contributed by atoms with Crippen LogP contribution in [-0.2, 0) is 4.79 Å². The standard InChI is InChI=1S/C11H22N2O2/c1-8(2)10(6-11(14)15)13-5-3-4-9(12)7-13/h8-10H,3-7,12H2,1-2H3,(H,14,15). The first kappa shape index (κ1) is 12.5. The summed E-state index contributed by atoms with van der Waals surface area (Å²) < 4.78 is 0. The van der Waals surface area contributed by atoms with Crippen molar-refractivity contribution in [3.8, 4) is 0 Å². The minimum absolute atomic E-state index is 0.133. The van der Waals surface area contributed by atoms with Gasteiger partial charge in [-0.3, -0.25) is 9.69 Å². The lowest BCUT2D eigenvalue weighted by Gasteiger charge is -2.38. The number of carboxylic acids is 1. The third kappa shape index (κ3) is 3.80. The Morgan fingerprint density at radius 3 is 2.73 bits per heavy atom. The predicted octanol–water partition coefficient (Wildman–Crippen LogP) is 0.909. The summed E-state index contributed by atoms with van der Waals surface area (Å²) in [4.78, 5) is 13.0. The Morgan fingerprint density at radius 1 is 1.60 bits per heavy atom. The summed E-state index contributed by atoms with van der Waals surface area (Å²) >= 11 is 0. The van der Waals surface area contributed by atoms with Crippen molar-refractivity contribution in [2.75, 3.05) is 13.1 Å². The molecule has 0 aromatic heterocycles. The molecule has 0 aromatic rings. The van der Waals surface area contributed by atoms with Gasteiger partial charge in [0.2, 0.25) is 0 Å². The maximum Gasteiger partial charge on any atom is 0.304 e. The average Bonchev–Trinajstić information content (AvgIpc) is 2.13. The van der Waals surface area contributed by atoms with Gasteiger partial charge in [-0.25, -0.2) is 0 Å². The van der Waals surface area contributed by atoms with Crippen LogP contribution in [0.5, 0.6) is 0 Å². The van der Waals surface area contributed by atoms with Gasteiger partial charge >= 0.3 is 5.97 Å². The molecule has 1 fully saturated rings. The van der Waals surface area contributed by atoms with Gasteiger partial charge in [-0.2, -0.15) is 0 Å². The predicted molar refractivity (Wildman–Crippen MR) is 59.7 cm³/mol. The van der Waals surface area contributed by atoms with Gasteiger partial charge in [0.1, 0.15) is 0 Å². The van der Waals surface area contributed by atoms with Crippen LogP contribution in [-0.4, -0.2) is 41.1 Å². The van der Waals surface area contributed by atoms with Gasteiger partial charge in [0.15, 0.2) is 0 Å². The summed E-state index contributed by atoms with van der Waals surface area (Å²) in [5, 5.41) is 8.87. The molecule has 4 heteroatoms. The van der Waals surface area contributed by atoms with E-state index in [0.29, 0.717) is 5.92 Å². The van der Waals surface area contributed by atoms with Gasteiger partial charge in [0.25, 0.3) is 0 Å². The lowest BCUT2D eigenvalue weighted by Crippen LogP contribution is -2.50. The lowest BCUT2D eigenvalue weighted by molar-refractivity contribution is -0.139. The molecule has 0 amide bonds. The minimum atomic E-state index is -0.715. The number of aliphatic carboxylic acids is 1. The highest BCUT2D eigenvalue weighted by Crippen LogP contribution is 2.19. The van der Waals surface area contributed by atoms with Crippen molar-refractivity contribution < 1.29 is 9.90 Å². The summed E-state index contributed by atoms with van der Waals surface area (Å²) in [7, 11) is 0. The number of rotatable bonds is 4. The Morgan fingerprint density at radius 2 is 2.27 bits per heavy atom. The molecule has 3 N–H and O–H groups in total. The van der Waals surface area contributed by atoms with E-state index in [4.69, 9.17) is 10.8 Å². The van der Waals surface area contributed by atoms with E-state index in [0.717, 1.165) is 25.9 Å². The molecule has 15 heavy (non-hydrogen) atoms. The summed E-state index contributed by atoms with van der Waals surface area (Å²) in [5.41, 5.74) is 5.90. The van der Waals surface area contributed by atoms with Gasteiger partial charge < -0.3 is 10.8 Å². The first-order chi connectivity index (χ1) is 7.00. The number of carbonyl (C=O) groups is 1. The maximum atomic E-state index is 10.8. The quantitative estimate of drug-likeness (QED) is 0.730. The highest BCUT2D eigenvalue weighted by atomic mass is 16.4. The first-order valence-electron chi connectivity index (χ1n) is 5.72. The van der Waals surface area contributed by atoms with Crippen molar-refractivity contribution in [2.45, 2.75) is 45.2 Å². The van der Waals surface area contributed by atoms with Crippen molar-refractivity contribution in [3.63, 3.8) is 0 Å². The summed E-state index contributed by atoms with van der Waals surface area (Å²) in [5.74, 6) is -0.348. The van der Waals surface area contributed by atoms with Crippen molar-refractivity contribution >= 4 is 5.97 Å². The molecule has 1 heterocycles. The zero-order valence-electron chi connectivity index (χ0n) is 9.65. The molecule has 2 atom stereocenters. The number of hydrogen-bond acceptors (Lipinski definition) is 3. The van der Waals surface area contributed by atoms with Crippen LogP contribution in [0.3, 0.4) is 0 Å². The molecule has 0 saturated carbocycles. The van der Waals surface area contributed by atoms with Crippen molar-refractivity contribution in [3.05, 3.63) is 0 Å². The molecule has 88 valence electrons. The van der Waals surface area contributed by atoms with E-state index in [2.05, 4.69) is 18.7 Å². The SMILES string of the molecule is CC(C)C(CC(=O)O)N1CCCC(N)C1. The van der Waals surface area contributed by atoms with Crippen LogP contribution in [0.4, 0.5) is 0 Å². The highest BCUT2D eigenvalue weighted by molar-refractivity contribution is 5.67. The second-order valence-electron chi connectivity index (χ2n) is 4.81. The third-order valence-electron chi connectivity index (χ3n) is 3.11. The molecule has 1 aliphatic heterocycles. The van der Waals surface area contributed by atoms with Gasteiger partial charge in [-0.05, 0) is 25.3 Å². The van der Waals surface area contributed by atoms with Crippen LogP contribution in [0.1, 0.15) is 33.1 Å². The van der Waals surface area contributed by atoms with E-state index in [-0.39, 0.29) is 18.5 Å². The molecule has 0 radical (unpaired) electrons.